The normalized spacial score (nSPS) is 18.6. The molecule has 1 saturated heterocycles. The van der Waals surface area contributed by atoms with Crippen LogP contribution in [0, 0.1) is 15.9 Å². The molecule has 96 valence electrons. The molecule has 1 fully saturated rings. The van der Waals surface area contributed by atoms with Crippen molar-refractivity contribution in [2.24, 2.45) is 0 Å². The topological polar surface area (TPSA) is 78.7 Å². The quantitative estimate of drug-likeness (QED) is 0.356. The Morgan fingerprint density at radius 2 is 2.33 bits per heavy atom. The van der Waals surface area contributed by atoms with E-state index in [0.29, 0.717) is 13.0 Å². The zero-order valence-corrected chi connectivity index (χ0v) is 9.30. The van der Waals surface area contributed by atoms with E-state index in [1.54, 1.807) is 0 Å². The van der Waals surface area contributed by atoms with Crippen LogP contribution in [-0.4, -0.2) is 23.6 Å². The van der Waals surface area contributed by atoms with Gasteiger partial charge in [0.1, 0.15) is 5.82 Å². The highest BCUT2D eigenvalue weighted by Gasteiger charge is 2.28. The fourth-order valence-corrected chi connectivity index (χ4v) is 1.66. The van der Waals surface area contributed by atoms with Gasteiger partial charge in [-0.15, -0.1) is 0 Å². The molecule has 1 atom stereocenters. The van der Waals surface area contributed by atoms with E-state index in [0.717, 1.165) is 24.6 Å². The minimum Gasteiger partial charge on any atom is -0.417 e. The number of nitrogens with zero attached hydrogens (tertiary/aromatic N) is 1. The Morgan fingerprint density at radius 3 is 2.94 bits per heavy atom. The number of halogens is 1. The van der Waals surface area contributed by atoms with E-state index in [1.165, 1.54) is 0 Å². The van der Waals surface area contributed by atoms with Gasteiger partial charge in [0.2, 0.25) is 5.75 Å². The molecule has 0 N–H and O–H groups in total. The predicted octanol–water partition coefficient (Wildman–Crippen LogP) is 1.82. The van der Waals surface area contributed by atoms with Gasteiger partial charge in [-0.1, -0.05) is 0 Å². The molecule has 0 radical (unpaired) electrons. The fraction of sp³-hybridized carbons (Fsp3) is 0.364. The molecule has 0 spiro atoms. The minimum atomic E-state index is -0.739. The van der Waals surface area contributed by atoms with Crippen molar-refractivity contribution in [3.05, 3.63) is 34.1 Å². The summed E-state index contributed by atoms with van der Waals surface area (Å²) in [5, 5.41) is 10.7. The van der Waals surface area contributed by atoms with E-state index >= 15 is 0 Å². The highest BCUT2D eigenvalue weighted by Crippen LogP contribution is 2.28. The Bertz CT molecular complexity index is 484. The van der Waals surface area contributed by atoms with Crippen LogP contribution >= 0.6 is 0 Å². The Kier molecular flexibility index (Phi) is 3.52. The second-order valence-electron chi connectivity index (χ2n) is 3.79. The SMILES string of the molecule is O=C(Oc1cc(F)ccc1[N+](=O)[O-])C1CCCO1. The highest BCUT2D eigenvalue weighted by atomic mass is 19.1. The first-order valence-corrected chi connectivity index (χ1v) is 5.35. The molecular weight excluding hydrogens is 245 g/mol. The summed E-state index contributed by atoms with van der Waals surface area (Å²) >= 11 is 0. The summed E-state index contributed by atoms with van der Waals surface area (Å²) in [6, 6.07) is 2.69. The van der Waals surface area contributed by atoms with Crippen LogP contribution in [0.25, 0.3) is 0 Å². The summed E-state index contributed by atoms with van der Waals surface area (Å²) in [5.74, 6) is -1.85. The third kappa shape index (κ3) is 2.62. The van der Waals surface area contributed by atoms with Crippen molar-refractivity contribution in [2.45, 2.75) is 18.9 Å². The number of esters is 1. The van der Waals surface area contributed by atoms with E-state index < -0.39 is 34.3 Å². The van der Waals surface area contributed by atoms with Gasteiger partial charge in [-0.25, -0.2) is 9.18 Å². The number of hydrogen-bond donors (Lipinski definition) is 0. The molecule has 2 rings (SSSR count). The average molecular weight is 255 g/mol. The molecule has 1 aromatic rings. The number of rotatable bonds is 3. The lowest BCUT2D eigenvalue weighted by atomic mass is 10.2. The van der Waals surface area contributed by atoms with Gasteiger partial charge in [0.25, 0.3) is 0 Å². The standard InChI is InChI=1S/C11H10FNO5/c12-7-3-4-8(13(15)16)10(6-7)18-11(14)9-2-1-5-17-9/h3-4,6,9H,1-2,5H2. The van der Waals surface area contributed by atoms with Gasteiger partial charge in [-0.3, -0.25) is 10.1 Å². The van der Waals surface area contributed by atoms with Crippen LogP contribution in [0.15, 0.2) is 18.2 Å². The maximum absolute atomic E-state index is 13.0. The van der Waals surface area contributed by atoms with Crippen molar-refractivity contribution in [3.63, 3.8) is 0 Å². The number of benzene rings is 1. The van der Waals surface area contributed by atoms with Crippen LogP contribution in [-0.2, 0) is 9.53 Å². The molecular formula is C11H10FNO5. The van der Waals surface area contributed by atoms with E-state index in [4.69, 9.17) is 9.47 Å². The lowest BCUT2D eigenvalue weighted by molar-refractivity contribution is -0.385. The average Bonchev–Trinajstić information content (AvgIpc) is 2.81. The molecule has 1 aliphatic rings. The van der Waals surface area contributed by atoms with Gasteiger partial charge in [0.15, 0.2) is 6.10 Å². The summed E-state index contributed by atoms with van der Waals surface area (Å²) < 4.78 is 22.9. The molecule has 1 heterocycles. The van der Waals surface area contributed by atoms with Crippen molar-refractivity contribution in [1.82, 2.24) is 0 Å². The van der Waals surface area contributed by atoms with E-state index in [2.05, 4.69) is 0 Å². The zero-order valence-electron chi connectivity index (χ0n) is 9.30. The molecule has 1 aromatic carbocycles. The molecule has 1 unspecified atom stereocenters. The van der Waals surface area contributed by atoms with Crippen LogP contribution in [0.5, 0.6) is 5.75 Å². The molecule has 0 amide bonds. The van der Waals surface area contributed by atoms with E-state index in [1.807, 2.05) is 0 Å². The van der Waals surface area contributed by atoms with Crippen LogP contribution < -0.4 is 4.74 Å². The number of carbonyl (C=O) groups excluding carboxylic acids is 1. The molecule has 18 heavy (non-hydrogen) atoms. The zero-order chi connectivity index (χ0) is 13.1. The Hall–Kier alpha value is -2.02. The van der Waals surface area contributed by atoms with Crippen molar-refractivity contribution in [3.8, 4) is 5.75 Å². The van der Waals surface area contributed by atoms with Crippen molar-refractivity contribution in [2.75, 3.05) is 6.61 Å². The summed E-state index contributed by atoms with van der Waals surface area (Å²) in [6.45, 7) is 0.449. The first-order valence-electron chi connectivity index (χ1n) is 5.35. The third-order valence-corrected chi connectivity index (χ3v) is 2.52. The molecule has 0 bridgehead atoms. The number of carbonyl (C=O) groups is 1. The first kappa shape index (κ1) is 12.4. The summed E-state index contributed by atoms with van der Waals surface area (Å²) in [5.41, 5.74) is -0.456. The Morgan fingerprint density at radius 1 is 1.56 bits per heavy atom. The molecule has 7 heteroatoms. The maximum atomic E-state index is 13.0. The van der Waals surface area contributed by atoms with Crippen molar-refractivity contribution < 1.29 is 23.6 Å². The second-order valence-corrected chi connectivity index (χ2v) is 3.79. The summed E-state index contributed by atoms with van der Waals surface area (Å²) in [7, 11) is 0. The third-order valence-electron chi connectivity index (χ3n) is 2.52. The minimum absolute atomic E-state index is 0.402. The van der Waals surface area contributed by atoms with Gasteiger partial charge < -0.3 is 9.47 Å². The Labute approximate surface area is 101 Å². The van der Waals surface area contributed by atoms with Gasteiger partial charge >= 0.3 is 11.7 Å². The van der Waals surface area contributed by atoms with Crippen LogP contribution in [0.3, 0.4) is 0 Å². The Balaban J connectivity index is 2.19. The number of nitro benzene ring substituents is 1. The maximum Gasteiger partial charge on any atom is 0.340 e. The van der Waals surface area contributed by atoms with Crippen LogP contribution in [0.4, 0.5) is 10.1 Å². The van der Waals surface area contributed by atoms with Gasteiger partial charge in [-0.05, 0) is 18.9 Å². The lowest BCUT2D eigenvalue weighted by Crippen LogP contribution is -2.25. The molecule has 0 aromatic heterocycles. The van der Waals surface area contributed by atoms with E-state index in [9.17, 15) is 19.3 Å². The second kappa shape index (κ2) is 5.09. The predicted molar refractivity (Wildman–Crippen MR) is 57.7 cm³/mol. The van der Waals surface area contributed by atoms with Gasteiger partial charge in [-0.2, -0.15) is 0 Å². The van der Waals surface area contributed by atoms with Crippen LogP contribution in [0.2, 0.25) is 0 Å². The smallest absolute Gasteiger partial charge is 0.340 e. The van der Waals surface area contributed by atoms with E-state index in [-0.39, 0.29) is 0 Å². The fourth-order valence-electron chi connectivity index (χ4n) is 1.66. The lowest BCUT2D eigenvalue weighted by Gasteiger charge is -2.09. The number of hydrogen-bond acceptors (Lipinski definition) is 5. The summed E-state index contributed by atoms with van der Waals surface area (Å²) in [6.07, 6.45) is 0.500. The summed E-state index contributed by atoms with van der Waals surface area (Å²) in [4.78, 5) is 21.6. The number of nitro groups is 1. The van der Waals surface area contributed by atoms with Crippen molar-refractivity contribution in [1.29, 1.82) is 0 Å². The molecule has 0 aliphatic carbocycles. The molecule has 1 aliphatic heterocycles. The molecule has 0 saturated carbocycles. The van der Waals surface area contributed by atoms with Crippen molar-refractivity contribution >= 4 is 11.7 Å². The molecule has 6 nitrogen and oxygen atoms in total. The largest absolute Gasteiger partial charge is 0.417 e. The van der Waals surface area contributed by atoms with Gasteiger partial charge in [0.05, 0.1) is 4.92 Å². The van der Waals surface area contributed by atoms with Crippen LogP contribution in [0.1, 0.15) is 12.8 Å². The first-order chi connectivity index (χ1) is 8.58. The van der Waals surface area contributed by atoms with Gasteiger partial charge in [0, 0.05) is 18.7 Å². The number of ether oxygens (including phenoxy) is 2. The monoisotopic (exact) mass is 255 g/mol. The highest BCUT2D eigenvalue weighted by molar-refractivity contribution is 5.78.